The summed E-state index contributed by atoms with van der Waals surface area (Å²) in [5.74, 6) is 0.295. The Bertz CT molecular complexity index is 1090. The van der Waals surface area contributed by atoms with Crippen molar-refractivity contribution in [2.45, 2.75) is 31.8 Å². The number of pyridine rings is 1. The molecule has 164 valence electrons. The summed E-state index contributed by atoms with van der Waals surface area (Å²) < 4.78 is 35.4. The quantitative estimate of drug-likeness (QED) is 0.640. The molecule has 1 aromatic carbocycles. The molecule has 4 N–H and O–H groups in total. The average Bonchev–Trinajstić information content (AvgIpc) is 2.76. The number of benzene rings is 1. The third-order valence-corrected chi connectivity index (χ3v) is 6.17. The lowest BCUT2D eigenvalue weighted by Crippen LogP contribution is -2.50. The summed E-state index contributed by atoms with van der Waals surface area (Å²) in [6.45, 7) is 1.33. The van der Waals surface area contributed by atoms with E-state index in [-0.39, 0.29) is 24.5 Å². The summed E-state index contributed by atoms with van der Waals surface area (Å²) in [6, 6.07) is 8.44. The molecular weight excluding hydrogens is 420 g/mol. The monoisotopic (exact) mass is 444 g/mol. The van der Waals surface area contributed by atoms with E-state index in [4.69, 9.17) is 10.5 Å². The maximum absolute atomic E-state index is 12.8. The number of likely N-dealkylation sites (tertiary alicyclic amines) is 1. The number of amidine groups is 1. The van der Waals surface area contributed by atoms with Crippen molar-refractivity contribution >= 4 is 27.8 Å². The van der Waals surface area contributed by atoms with Crippen LogP contribution in [0, 0.1) is 0 Å². The first-order chi connectivity index (χ1) is 14.9. The number of hydrogen-bond donors (Lipinski definition) is 3. The maximum atomic E-state index is 12.8. The minimum Gasteiger partial charge on any atom is -0.491 e. The summed E-state index contributed by atoms with van der Waals surface area (Å²) in [5, 5.41) is 2.95. The van der Waals surface area contributed by atoms with Crippen LogP contribution in [0.3, 0.4) is 0 Å². The summed E-state index contributed by atoms with van der Waals surface area (Å²) in [5.41, 5.74) is 7.57. The molecule has 0 spiro atoms. The number of rotatable bonds is 5. The highest BCUT2D eigenvalue weighted by Crippen LogP contribution is 2.31. The third kappa shape index (κ3) is 4.88. The van der Waals surface area contributed by atoms with Crippen LogP contribution in [0.1, 0.15) is 30.4 Å². The van der Waals surface area contributed by atoms with Gasteiger partial charge in [0.25, 0.3) is 0 Å². The van der Waals surface area contributed by atoms with E-state index in [2.05, 4.69) is 19.4 Å². The minimum atomic E-state index is -3.85. The van der Waals surface area contributed by atoms with E-state index in [0.29, 0.717) is 30.1 Å². The van der Waals surface area contributed by atoms with Crippen molar-refractivity contribution in [3.8, 4) is 5.75 Å². The highest BCUT2D eigenvalue weighted by molar-refractivity contribution is 7.91. The SMILES string of the molecule is NC1=NS(=O)(=O)Nc2cccc(OC[C@H]3CCCCN3C(=O)NCc3ccncc3)c21. The van der Waals surface area contributed by atoms with E-state index in [1.165, 1.54) is 0 Å². The molecular formula is C20H24N6O4S. The van der Waals surface area contributed by atoms with Gasteiger partial charge in [-0.05, 0) is 49.1 Å². The first-order valence-electron chi connectivity index (χ1n) is 10.0. The predicted molar refractivity (Wildman–Crippen MR) is 116 cm³/mol. The van der Waals surface area contributed by atoms with E-state index in [1.54, 1.807) is 35.5 Å². The van der Waals surface area contributed by atoms with E-state index in [0.717, 1.165) is 24.8 Å². The van der Waals surface area contributed by atoms with Gasteiger partial charge in [-0.1, -0.05) is 6.07 Å². The second-order valence-corrected chi connectivity index (χ2v) is 8.74. The Morgan fingerprint density at radius 3 is 2.87 bits per heavy atom. The molecule has 0 bridgehead atoms. The second kappa shape index (κ2) is 8.80. The molecule has 11 heteroatoms. The maximum Gasteiger partial charge on any atom is 0.344 e. The fourth-order valence-electron chi connectivity index (χ4n) is 3.74. The Balaban J connectivity index is 1.43. The molecule has 4 rings (SSSR count). The Hall–Kier alpha value is -3.34. The van der Waals surface area contributed by atoms with Crippen molar-refractivity contribution in [1.29, 1.82) is 0 Å². The lowest BCUT2D eigenvalue weighted by Gasteiger charge is -2.35. The Kier molecular flexibility index (Phi) is 5.94. The highest BCUT2D eigenvalue weighted by Gasteiger charge is 2.29. The molecule has 3 heterocycles. The zero-order valence-electron chi connectivity index (χ0n) is 16.8. The summed E-state index contributed by atoms with van der Waals surface area (Å²) in [7, 11) is -3.85. The summed E-state index contributed by atoms with van der Waals surface area (Å²) in [6.07, 6.45) is 6.12. The van der Waals surface area contributed by atoms with Gasteiger partial charge in [-0.3, -0.25) is 9.71 Å². The van der Waals surface area contributed by atoms with Crippen LogP contribution in [0.5, 0.6) is 5.75 Å². The van der Waals surface area contributed by atoms with Crippen molar-refractivity contribution in [3.63, 3.8) is 0 Å². The number of fused-ring (bicyclic) bond motifs is 1. The number of aromatic nitrogens is 1. The topological polar surface area (TPSA) is 139 Å². The zero-order chi connectivity index (χ0) is 21.8. The van der Waals surface area contributed by atoms with Crippen LogP contribution >= 0.6 is 0 Å². The number of amides is 2. The van der Waals surface area contributed by atoms with Gasteiger partial charge in [0, 0.05) is 25.5 Å². The van der Waals surface area contributed by atoms with Crippen LogP contribution in [-0.4, -0.2) is 49.4 Å². The highest BCUT2D eigenvalue weighted by atomic mass is 32.2. The van der Waals surface area contributed by atoms with Crippen molar-refractivity contribution in [2.24, 2.45) is 10.1 Å². The number of anilines is 1. The number of nitrogens with one attached hydrogen (secondary N) is 2. The van der Waals surface area contributed by atoms with Gasteiger partial charge in [0.05, 0.1) is 17.3 Å². The van der Waals surface area contributed by atoms with Crippen molar-refractivity contribution in [3.05, 3.63) is 53.9 Å². The molecule has 0 unspecified atom stereocenters. The summed E-state index contributed by atoms with van der Waals surface area (Å²) in [4.78, 5) is 18.5. The number of nitrogens with zero attached hydrogens (tertiary/aromatic N) is 3. The Labute approximate surface area is 180 Å². The number of piperidine rings is 1. The molecule has 0 radical (unpaired) electrons. The standard InChI is InChI=1S/C20H24N6O4S/c21-19-18-16(24-31(28,29)25-19)5-3-6-17(18)30-13-15-4-1-2-11-26(15)20(27)23-12-14-7-9-22-10-8-14/h3,5-10,15,24H,1-2,4,11-13H2,(H2,21,25)(H,23,27)/t15-/m1/s1. The van der Waals surface area contributed by atoms with Crippen LogP contribution < -0.4 is 20.5 Å². The van der Waals surface area contributed by atoms with E-state index < -0.39 is 10.2 Å². The fraction of sp³-hybridized carbons (Fsp3) is 0.350. The number of carbonyl (C=O) groups is 1. The van der Waals surface area contributed by atoms with Crippen LogP contribution in [-0.2, 0) is 16.8 Å². The molecule has 2 aliphatic heterocycles. The Morgan fingerprint density at radius 1 is 1.26 bits per heavy atom. The van der Waals surface area contributed by atoms with E-state index in [1.807, 2.05) is 12.1 Å². The van der Waals surface area contributed by atoms with Crippen molar-refractivity contribution in [1.82, 2.24) is 15.2 Å². The molecule has 1 saturated heterocycles. The lowest BCUT2D eigenvalue weighted by atomic mass is 10.0. The summed E-state index contributed by atoms with van der Waals surface area (Å²) >= 11 is 0. The minimum absolute atomic E-state index is 0.111. The third-order valence-electron chi connectivity index (χ3n) is 5.25. The van der Waals surface area contributed by atoms with Gasteiger partial charge in [0.2, 0.25) is 0 Å². The number of hydrogen-bond acceptors (Lipinski definition) is 6. The smallest absolute Gasteiger partial charge is 0.344 e. The first kappa shape index (κ1) is 20.9. The molecule has 2 aliphatic rings. The average molecular weight is 445 g/mol. The molecule has 31 heavy (non-hydrogen) atoms. The first-order valence-corrected chi connectivity index (χ1v) is 11.4. The molecule has 1 atom stereocenters. The fourth-order valence-corrected chi connectivity index (χ4v) is 4.59. The molecule has 1 aromatic heterocycles. The van der Waals surface area contributed by atoms with Crippen LogP contribution in [0.15, 0.2) is 47.1 Å². The van der Waals surface area contributed by atoms with Crippen LogP contribution in [0.4, 0.5) is 10.5 Å². The predicted octanol–water partition coefficient (Wildman–Crippen LogP) is 1.60. The van der Waals surface area contributed by atoms with Crippen LogP contribution in [0.2, 0.25) is 0 Å². The van der Waals surface area contributed by atoms with Gasteiger partial charge in [-0.25, -0.2) is 4.79 Å². The molecule has 10 nitrogen and oxygen atoms in total. The van der Waals surface area contributed by atoms with Gasteiger partial charge in [-0.2, -0.15) is 8.42 Å². The van der Waals surface area contributed by atoms with Gasteiger partial charge in [0.15, 0.2) is 5.84 Å². The van der Waals surface area contributed by atoms with Gasteiger partial charge in [0.1, 0.15) is 12.4 Å². The van der Waals surface area contributed by atoms with E-state index in [9.17, 15) is 13.2 Å². The number of urea groups is 1. The van der Waals surface area contributed by atoms with Gasteiger partial charge >= 0.3 is 16.2 Å². The van der Waals surface area contributed by atoms with Crippen molar-refractivity contribution < 1.29 is 17.9 Å². The normalized spacial score (nSPS) is 19.5. The van der Waals surface area contributed by atoms with E-state index >= 15 is 0 Å². The zero-order valence-corrected chi connectivity index (χ0v) is 17.6. The number of nitrogens with two attached hydrogens (primary N) is 1. The molecule has 1 fully saturated rings. The molecule has 2 amide bonds. The largest absolute Gasteiger partial charge is 0.491 e. The number of ether oxygens (including phenoxy) is 1. The van der Waals surface area contributed by atoms with Crippen LogP contribution in [0.25, 0.3) is 0 Å². The van der Waals surface area contributed by atoms with Crippen molar-refractivity contribution in [2.75, 3.05) is 17.9 Å². The lowest BCUT2D eigenvalue weighted by molar-refractivity contribution is 0.116. The number of carbonyl (C=O) groups excluding carboxylic acids is 1. The molecule has 0 saturated carbocycles. The Morgan fingerprint density at radius 2 is 2.06 bits per heavy atom. The van der Waals surface area contributed by atoms with Gasteiger partial charge in [-0.15, -0.1) is 4.40 Å². The van der Waals surface area contributed by atoms with Gasteiger partial charge < -0.3 is 20.7 Å². The second-order valence-electron chi connectivity index (χ2n) is 7.40. The molecule has 2 aromatic rings. The molecule has 0 aliphatic carbocycles.